The van der Waals surface area contributed by atoms with Gasteiger partial charge in [-0.05, 0) is 20.6 Å². The molecule has 3 nitrogen and oxygen atoms in total. The second-order valence-corrected chi connectivity index (χ2v) is 2.77. The summed E-state index contributed by atoms with van der Waals surface area (Å²) in [6.07, 6.45) is 0. The van der Waals surface area contributed by atoms with Crippen LogP contribution in [0.3, 0.4) is 0 Å². The third-order valence-electron chi connectivity index (χ3n) is 1.36. The summed E-state index contributed by atoms with van der Waals surface area (Å²) in [5.41, 5.74) is 0. The Morgan fingerprint density at radius 3 is 1.93 bits per heavy atom. The number of rotatable bonds is 7. The lowest BCUT2D eigenvalue weighted by Gasteiger charge is -2.09. The van der Waals surface area contributed by atoms with E-state index in [1.807, 2.05) is 41.8 Å². The lowest BCUT2D eigenvalue weighted by atomic mass is 10.6. The van der Waals surface area contributed by atoms with Crippen LogP contribution < -0.4 is 5.32 Å². The average molecular weight is 220 g/mol. The summed E-state index contributed by atoms with van der Waals surface area (Å²) in [7, 11) is 4.10. The third-order valence-corrected chi connectivity index (χ3v) is 1.36. The predicted octanol–water partition coefficient (Wildman–Crippen LogP) is 2.23. The number of nitrogens with zero attached hydrogens (tertiary/aromatic N) is 1. The van der Waals surface area contributed by atoms with Gasteiger partial charge in [0.25, 0.3) is 0 Å². The normalized spacial score (nSPS) is 8.80. The summed E-state index contributed by atoms with van der Waals surface area (Å²) in [6.45, 7) is 14.7. The molecular weight excluding hydrogens is 188 g/mol. The van der Waals surface area contributed by atoms with Crippen molar-refractivity contribution in [1.29, 1.82) is 0 Å². The topological polar surface area (TPSA) is 24.5 Å². The smallest absolute Gasteiger partial charge is 0.0593 e. The van der Waals surface area contributed by atoms with Gasteiger partial charge in [0.2, 0.25) is 0 Å². The van der Waals surface area contributed by atoms with E-state index in [2.05, 4.69) is 17.1 Å². The Morgan fingerprint density at radius 1 is 1.00 bits per heavy atom. The molecule has 15 heavy (non-hydrogen) atoms. The van der Waals surface area contributed by atoms with E-state index in [0.29, 0.717) is 0 Å². The highest BCUT2D eigenvalue weighted by atomic mass is 16.5. The van der Waals surface area contributed by atoms with Crippen molar-refractivity contribution in [1.82, 2.24) is 10.2 Å². The molecule has 0 rings (SSSR count). The summed E-state index contributed by atoms with van der Waals surface area (Å²) in [4.78, 5) is 2.12. The van der Waals surface area contributed by atoms with Gasteiger partial charge in [-0.1, -0.05) is 34.6 Å². The largest absolute Gasteiger partial charge is 0.379 e. The molecule has 3 heteroatoms. The molecule has 0 spiro atoms. The van der Waals surface area contributed by atoms with Crippen LogP contribution in [0.2, 0.25) is 0 Å². The Morgan fingerprint density at radius 2 is 1.53 bits per heavy atom. The van der Waals surface area contributed by atoms with Crippen molar-refractivity contribution >= 4 is 0 Å². The minimum absolute atomic E-state index is 0.821. The lowest BCUT2D eigenvalue weighted by Crippen LogP contribution is -2.22. The van der Waals surface area contributed by atoms with Gasteiger partial charge in [-0.2, -0.15) is 0 Å². The molecule has 0 aromatic heterocycles. The maximum absolute atomic E-state index is 5.34. The Bertz CT molecular complexity index is 78.0. The van der Waals surface area contributed by atoms with Crippen molar-refractivity contribution in [2.45, 2.75) is 34.6 Å². The van der Waals surface area contributed by atoms with Crippen LogP contribution in [0.4, 0.5) is 0 Å². The molecule has 0 saturated carbocycles. The summed E-state index contributed by atoms with van der Waals surface area (Å²) in [5.74, 6) is 0. The molecule has 96 valence electrons. The van der Waals surface area contributed by atoms with Gasteiger partial charge in [-0.25, -0.2) is 0 Å². The van der Waals surface area contributed by atoms with Gasteiger partial charge in [0.1, 0.15) is 0 Å². The van der Waals surface area contributed by atoms with Crippen molar-refractivity contribution in [3.8, 4) is 0 Å². The molecule has 0 aromatic rings. The fraction of sp³-hybridized carbons (Fsp3) is 1.00. The quantitative estimate of drug-likeness (QED) is 0.666. The molecule has 0 amide bonds. The minimum Gasteiger partial charge on any atom is -0.379 e. The van der Waals surface area contributed by atoms with E-state index in [4.69, 9.17) is 4.74 Å². The molecule has 0 heterocycles. The first-order chi connectivity index (χ1) is 7.27. The summed E-state index contributed by atoms with van der Waals surface area (Å²) < 4.78 is 5.34. The fourth-order valence-electron chi connectivity index (χ4n) is 0.670. The Labute approximate surface area is 97.2 Å². The first kappa shape index (κ1) is 20.3. The number of ether oxygens (including phenoxy) is 1. The summed E-state index contributed by atoms with van der Waals surface area (Å²) in [5, 5.41) is 3.20. The summed E-state index contributed by atoms with van der Waals surface area (Å²) in [6, 6.07) is 0. The van der Waals surface area contributed by atoms with Gasteiger partial charge in [0.15, 0.2) is 0 Å². The molecule has 0 saturated heterocycles. The van der Waals surface area contributed by atoms with Crippen molar-refractivity contribution in [3.63, 3.8) is 0 Å². The molecule has 0 aliphatic carbocycles. The molecule has 0 bridgehead atoms. The first-order valence-corrected chi connectivity index (χ1v) is 6.20. The number of hydrogen-bond donors (Lipinski definition) is 1. The Hall–Kier alpha value is -0.120. The van der Waals surface area contributed by atoms with Crippen molar-refractivity contribution < 1.29 is 4.74 Å². The van der Waals surface area contributed by atoms with E-state index in [1.165, 1.54) is 0 Å². The van der Waals surface area contributed by atoms with E-state index in [-0.39, 0.29) is 0 Å². The van der Waals surface area contributed by atoms with Gasteiger partial charge in [-0.3, -0.25) is 0 Å². The second-order valence-electron chi connectivity index (χ2n) is 2.77. The molecule has 0 unspecified atom stereocenters. The molecule has 0 aliphatic heterocycles. The van der Waals surface area contributed by atoms with Gasteiger partial charge in [-0.15, -0.1) is 0 Å². The standard InChI is InChI=1S/C8H20N2O.2C2H6/c1-4-9-5-7-11-8-6-10(2)3;2*1-2/h9H,4-8H2,1-3H3;2*1-2H3. The van der Waals surface area contributed by atoms with Gasteiger partial charge < -0.3 is 15.0 Å². The SMILES string of the molecule is CC.CC.CCNCCOCCN(C)C. The molecule has 0 aliphatic rings. The van der Waals surface area contributed by atoms with Crippen LogP contribution in [-0.4, -0.2) is 51.8 Å². The van der Waals surface area contributed by atoms with Crippen LogP contribution in [0.15, 0.2) is 0 Å². The van der Waals surface area contributed by atoms with Crippen LogP contribution in [0, 0.1) is 0 Å². The van der Waals surface area contributed by atoms with Gasteiger partial charge >= 0.3 is 0 Å². The highest BCUT2D eigenvalue weighted by Gasteiger charge is 1.89. The molecule has 0 radical (unpaired) electrons. The van der Waals surface area contributed by atoms with Crippen molar-refractivity contribution in [2.75, 3.05) is 46.9 Å². The second kappa shape index (κ2) is 23.6. The highest BCUT2D eigenvalue weighted by Crippen LogP contribution is 1.77. The minimum atomic E-state index is 0.821. The maximum Gasteiger partial charge on any atom is 0.0593 e. The Balaban J connectivity index is -0.000000318. The van der Waals surface area contributed by atoms with Crippen LogP contribution in [0.25, 0.3) is 0 Å². The number of nitrogens with one attached hydrogen (secondary N) is 1. The first-order valence-electron chi connectivity index (χ1n) is 6.20. The average Bonchev–Trinajstić information content (AvgIpc) is 2.28. The summed E-state index contributed by atoms with van der Waals surface area (Å²) >= 11 is 0. The fourth-order valence-corrected chi connectivity index (χ4v) is 0.670. The van der Waals surface area contributed by atoms with E-state index in [1.54, 1.807) is 0 Å². The van der Waals surface area contributed by atoms with Gasteiger partial charge in [0, 0.05) is 13.1 Å². The van der Waals surface area contributed by atoms with Crippen molar-refractivity contribution in [3.05, 3.63) is 0 Å². The Kier molecular flexibility index (Phi) is 31.9. The molecular formula is C12H32N2O. The number of hydrogen-bond acceptors (Lipinski definition) is 3. The number of likely N-dealkylation sites (N-methyl/N-ethyl adjacent to an activating group) is 2. The third kappa shape index (κ3) is 31.5. The van der Waals surface area contributed by atoms with Crippen LogP contribution in [0.1, 0.15) is 34.6 Å². The molecule has 0 fully saturated rings. The highest BCUT2D eigenvalue weighted by molar-refractivity contribution is 4.43. The predicted molar refractivity (Wildman–Crippen MR) is 70.6 cm³/mol. The van der Waals surface area contributed by atoms with Crippen molar-refractivity contribution in [2.24, 2.45) is 0 Å². The lowest BCUT2D eigenvalue weighted by molar-refractivity contribution is 0.119. The monoisotopic (exact) mass is 220 g/mol. The van der Waals surface area contributed by atoms with E-state index in [9.17, 15) is 0 Å². The van der Waals surface area contributed by atoms with E-state index >= 15 is 0 Å². The zero-order valence-corrected chi connectivity index (χ0v) is 11.9. The van der Waals surface area contributed by atoms with Crippen LogP contribution >= 0.6 is 0 Å². The maximum atomic E-state index is 5.34. The van der Waals surface area contributed by atoms with Gasteiger partial charge in [0.05, 0.1) is 13.2 Å². The zero-order valence-electron chi connectivity index (χ0n) is 11.9. The van der Waals surface area contributed by atoms with Crippen LogP contribution in [0.5, 0.6) is 0 Å². The zero-order chi connectivity index (χ0) is 12.5. The van der Waals surface area contributed by atoms with Crippen LogP contribution in [-0.2, 0) is 4.74 Å². The van der Waals surface area contributed by atoms with E-state index in [0.717, 1.165) is 32.8 Å². The van der Waals surface area contributed by atoms with E-state index < -0.39 is 0 Å². The molecule has 0 atom stereocenters. The molecule has 1 N–H and O–H groups in total. The molecule has 0 aromatic carbocycles.